The molecular weight excluding hydrogens is 160 g/mol. The Bertz CT molecular complexity index is 139. The Morgan fingerprint density at radius 1 is 1.54 bits per heavy atom. The first-order chi connectivity index (χ1) is 6.16. The second-order valence-electron chi connectivity index (χ2n) is 4.88. The second-order valence-corrected chi connectivity index (χ2v) is 4.88. The van der Waals surface area contributed by atoms with Gasteiger partial charge < -0.3 is 10.6 Å². The first-order valence-electron chi connectivity index (χ1n) is 5.58. The molecule has 0 aromatic carbocycles. The third kappa shape index (κ3) is 3.65. The summed E-state index contributed by atoms with van der Waals surface area (Å²) in [6.07, 6.45) is 2.60. The highest BCUT2D eigenvalue weighted by atomic mass is 15.0. The van der Waals surface area contributed by atoms with Crippen LogP contribution in [0.2, 0.25) is 0 Å². The fourth-order valence-corrected chi connectivity index (χ4v) is 1.78. The van der Waals surface area contributed by atoms with E-state index < -0.39 is 0 Å². The SMILES string of the molecule is CCC(C)CNCC1(C)CCNC1. The van der Waals surface area contributed by atoms with Crippen molar-refractivity contribution in [3.05, 3.63) is 0 Å². The van der Waals surface area contributed by atoms with Crippen molar-refractivity contribution in [3.8, 4) is 0 Å². The van der Waals surface area contributed by atoms with Gasteiger partial charge in [-0.25, -0.2) is 0 Å². The molecular formula is C11H24N2. The molecule has 0 saturated carbocycles. The molecule has 1 fully saturated rings. The van der Waals surface area contributed by atoms with Gasteiger partial charge in [0, 0.05) is 13.1 Å². The highest BCUT2D eigenvalue weighted by molar-refractivity contribution is 4.85. The molecule has 0 spiro atoms. The van der Waals surface area contributed by atoms with E-state index in [1.165, 1.54) is 39.0 Å². The summed E-state index contributed by atoms with van der Waals surface area (Å²) in [6, 6.07) is 0. The van der Waals surface area contributed by atoms with E-state index in [9.17, 15) is 0 Å². The van der Waals surface area contributed by atoms with Crippen molar-refractivity contribution in [1.82, 2.24) is 10.6 Å². The van der Waals surface area contributed by atoms with E-state index in [1.807, 2.05) is 0 Å². The molecule has 0 bridgehead atoms. The van der Waals surface area contributed by atoms with E-state index in [2.05, 4.69) is 31.4 Å². The van der Waals surface area contributed by atoms with Gasteiger partial charge in [-0.1, -0.05) is 27.2 Å². The van der Waals surface area contributed by atoms with Gasteiger partial charge in [0.05, 0.1) is 0 Å². The number of nitrogens with one attached hydrogen (secondary N) is 2. The Morgan fingerprint density at radius 2 is 2.31 bits per heavy atom. The summed E-state index contributed by atoms with van der Waals surface area (Å²) in [5.74, 6) is 0.818. The Labute approximate surface area is 82.5 Å². The minimum absolute atomic E-state index is 0.507. The largest absolute Gasteiger partial charge is 0.316 e. The molecule has 2 unspecified atom stereocenters. The van der Waals surface area contributed by atoms with Crippen molar-refractivity contribution in [3.63, 3.8) is 0 Å². The van der Waals surface area contributed by atoms with E-state index in [1.54, 1.807) is 0 Å². The van der Waals surface area contributed by atoms with Gasteiger partial charge in [-0.05, 0) is 30.8 Å². The zero-order valence-electron chi connectivity index (χ0n) is 9.32. The lowest BCUT2D eigenvalue weighted by Gasteiger charge is -2.23. The average molecular weight is 184 g/mol. The van der Waals surface area contributed by atoms with Crippen LogP contribution in [0.25, 0.3) is 0 Å². The zero-order valence-corrected chi connectivity index (χ0v) is 9.32. The summed E-state index contributed by atoms with van der Waals surface area (Å²) in [5.41, 5.74) is 0.507. The molecule has 2 heteroatoms. The molecule has 0 amide bonds. The van der Waals surface area contributed by atoms with Gasteiger partial charge in [0.15, 0.2) is 0 Å². The lowest BCUT2D eigenvalue weighted by molar-refractivity contribution is 0.327. The van der Waals surface area contributed by atoms with Crippen LogP contribution >= 0.6 is 0 Å². The molecule has 0 radical (unpaired) electrons. The molecule has 2 atom stereocenters. The molecule has 1 aliphatic heterocycles. The Hall–Kier alpha value is -0.0800. The van der Waals surface area contributed by atoms with E-state index in [0.29, 0.717) is 5.41 Å². The minimum atomic E-state index is 0.507. The van der Waals surface area contributed by atoms with Crippen LogP contribution in [-0.4, -0.2) is 26.2 Å². The smallest absolute Gasteiger partial charge is 0.00179 e. The topological polar surface area (TPSA) is 24.1 Å². The normalized spacial score (nSPS) is 30.7. The number of hydrogen-bond acceptors (Lipinski definition) is 2. The Kier molecular flexibility index (Phi) is 4.20. The maximum Gasteiger partial charge on any atom is 0.00179 e. The summed E-state index contributed by atoms with van der Waals surface area (Å²) in [5, 5.41) is 7.00. The molecule has 1 rings (SSSR count). The van der Waals surface area contributed by atoms with Crippen molar-refractivity contribution < 1.29 is 0 Å². The van der Waals surface area contributed by atoms with Gasteiger partial charge in [0.2, 0.25) is 0 Å². The highest BCUT2D eigenvalue weighted by Crippen LogP contribution is 2.22. The summed E-state index contributed by atoms with van der Waals surface area (Å²) in [6.45, 7) is 11.7. The maximum atomic E-state index is 3.58. The van der Waals surface area contributed by atoms with Crippen LogP contribution in [0.3, 0.4) is 0 Å². The molecule has 78 valence electrons. The predicted molar refractivity (Wildman–Crippen MR) is 57.9 cm³/mol. The summed E-state index contributed by atoms with van der Waals surface area (Å²) < 4.78 is 0. The fourth-order valence-electron chi connectivity index (χ4n) is 1.78. The monoisotopic (exact) mass is 184 g/mol. The summed E-state index contributed by atoms with van der Waals surface area (Å²) in [4.78, 5) is 0. The van der Waals surface area contributed by atoms with E-state index in [0.717, 1.165) is 5.92 Å². The third-order valence-electron chi connectivity index (χ3n) is 3.20. The van der Waals surface area contributed by atoms with Crippen LogP contribution in [0.1, 0.15) is 33.6 Å². The van der Waals surface area contributed by atoms with Crippen LogP contribution in [0.5, 0.6) is 0 Å². The molecule has 2 N–H and O–H groups in total. The molecule has 1 aliphatic rings. The Morgan fingerprint density at radius 3 is 2.85 bits per heavy atom. The first-order valence-corrected chi connectivity index (χ1v) is 5.58. The lowest BCUT2D eigenvalue weighted by Crippen LogP contribution is -2.35. The van der Waals surface area contributed by atoms with Crippen molar-refractivity contribution in [2.24, 2.45) is 11.3 Å². The second kappa shape index (κ2) is 4.97. The third-order valence-corrected chi connectivity index (χ3v) is 3.20. The number of hydrogen-bond donors (Lipinski definition) is 2. The van der Waals surface area contributed by atoms with Gasteiger partial charge >= 0.3 is 0 Å². The van der Waals surface area contributed by atoms with Crippen molar-refractivity contribution in [2.45, 2.75) is 33.6 Å². The highest BCUT2D eigenvalue weighted by Gasteiger charge is 2.27. The van der Waals surface area contributed by atoms with Gasteiger partial charge in [0.1, 0.15) is 0 Å². The molecule has 0 aromatic heterocycles. The van der Waals surface area contributed by atoms with Gasteiger partial charge in [-0.15, -0.1) is 0 Å². The number of rotatable bonds is 5. The van der Waals surface area contributed by atoms with Gasteiger partial charge in [-0.2, -0.15) is 0 Å². The molecule has 1 saturated heterocycles. The van der Waals surface area contributed by atoms with Crippen LogP contribution < -0.4 is 10.6 Å². The maximum absolute atomic E-state index is 3.58. The standard InChI is InChI=1S/C11H24N2/c1-4-10(2)7-13-9-11(3)5-6-12-8-11/h10,12-13H,4-9H2,1-3H3. The van der Waals surface area contributed by atoms with E-state index >= 15 is 0 Å². The predicted octanol–water partition coefficient (Wildman–Crippen LogP) is 1.62. The molecule has 13 heavy (non-hydrogen) atoms. The van der Waals surface area contributed by atoms with Gasteiger partial charge in [-0.3, -0.25) is 0 Å². The van der Waals surface area contributed by atoms with Crippen LogP contribution in [0.15, 0.2) is 0 Å². The summed E-state index contributed by atoms with van der Waals surface area (Å²) >= 11 is 0. The van der Waals surface area contributed by atoms with Crippen LogP contribution in [-0.2, 0) is 0 Å². The van der Waals surface area contributed by atoms with Crippen LogP contribution in [0.4, 0.5) is 0 Å². The van der Waals surface area contributed by atoms with Crippen molar-refractivity contribution in [2.75, 3.05) is 26.2 Å². The van der Waals surface area contributed by atoms with Crippen molar-refractivity contribution >= 4 is 0 Å². The van der Waals surface area contributed by atoms with E-state index in [4.69, 9.17) is 0 Å². The quantitative estimate of drug-likeness (QED) is 0.678. The Balaban J connectivity index is 2.11. The summed E-state index contributed by atoms with van der Waals surface area (Å²) in [7, 11) is 0. The van der Waals surface area contributed by atoms with Gasteiger partial charge in [0.25, 0.3) is 0 Å². The molecule has 1 heterocycles. The van der Waals surface area contributed by atoms with Crippen LogP contribution in [0, 0.1) is 11.3 Å². The molecule has 0 aliphatic carbocycles. The van der Waals surface area contributed by atoms with Crippen molar-refractivity contribution in [1.29, 1.82) is 0 Å². The average Bonchev–Trinajstić information content (AvgIpc) is 2.52. The minimum Gasteiger partial charge on any atom is -0.316 e. The fraction of sp³-hybridized carbons (Fsp3) is 1.00. The first kappa shape index (κ1) is 11.0. The molecule has 2 nitrogen and oxygen atoms in total. The zero-order chi connectivity index (χ0) is 9.73. The van der Waals surface area contributed by atoms with E-state index in [-0.39, 0.29) is 0 Å². The molecule has 0 aromatic rings. The lowest BCUT2D eigenvalue weighted by atomic mass is 9.90.